The summed E-state index contributed by atoms with van der Waals surface area (Å²) in [4.78, 5) is 0. The summed E-state index contributed by atoms with van der Waals surface area (Å²) < 4.78 is 0. The van der Waals surface area contributed by atoms with Crippen LogP contribution >= 0.6 is 8.58 Å². The molecule has 2 rings (SSSR count). The third-order valence-electron chi connectivity index (χ3n) is 6.51. The zero-order chi connectivity index (χ0) is 23.6. The average Bonchev–Trinajstić information content (AvgIpc) is 2.66. The predicted octanol–water partition coefficient (Wildman–Crippen LogP) is 9.06. The van der Waals surface area contributed by atoms with Gasteiger partial charge in [0.15, 0.2) is 0 Å². The van der Waals surface area contributed by atoms with Crippen LogP contribution in [0.4, 0.5) is 0 Å². The minimum absolute atomic E-state index is 0.540. The van der Waals surface area contributed by atoms with E-state index in [0.29, 0.717) is 35.5 Å². The Morgan fingerprint density at radius 2 is 0.613 bits per heavy atom. The molecule has 0 atom stereocenters. The molecular weight excluding hydrogens is 391 g/mol. The Kier molecular flexibility index (Phi) is 8.98. The molecule has 2 aromatic rings. The van der Waals surface area contributed by atoms with Crippen LogP contribution in [-0.2, 0) is 0 Å². The van der Waals surface area contributed by atoms with Gasteiger partial charge in [-0.25, -0.2) is 0 Å². The second-order valence-corrected chi connectivity index (χ2v) is 12.5. The van der Waals surface area contributed by atoms with Gasteiger partial charge in [-0.05, 0) is 79.5 Å². The lowest BCUT2D eigenvalue weighted by atomic mass is 9.89. The third-order valence-corrected chi connectivity index (χ3v) is 8.17. The molecule has 2 aromatic carbocycles. The molecule has 1 heteroatoms. The largest absolute Gasteiger partial charge is 0.0587 e. The van der Waals surface area contributed by atoms with Crippen molar-refractivity contribution in [3.63, 3.8) is 0 Å². The van der Waals surface area contributed by atoms with E-state index in [-0.39, 0.29) is 0 Å². The Morgan fingerprint density at radius 3 is 0.774 bits per heavy atom. The van der Waals surface area contributed by atoms with Gasteiger partial charge in [0.05, 0.1) is 0 Å². The van der Waals surface area contributed by atoms with Crippen LogP contribution in [0.25, 0.3) is 0 Å². The maximum absolute atomic E-state index is 2.51. The Balaban J connectivity index is 2.83. The van der Waals surface area contributed by atoms with Gasteiger partial charge >= 0.3 is 0 Å². The Hall–Kier alpha value is -1.13. The first-order valence-corrected chi connectivity index (χ1v) is 13.5. The molecule has 0 radical (unpaired) electrons. The van der Waals surface area contributed by atoms with Gasteiger partial charge < -0.3 is 0 Å². The summed E-state index contributed by atoms with van der Waals surface area (Å²) in [5.41, 5.74) is 9.22. The minimum Gasteiger partial charge on any atom is -0.0587 e. The lowest BCUT2D eigenvalue weighted by Crippen LogP contribution is -2.23. The second kappa shape index (κ2) is 10.7. The van der Waals surface area contributed by atoms with E-state index in [4.69, 9.17) is 0 Å². The van der Waals surface area contributed by atoms with Crippen molar-refractivity contribution in [2.45, 2.75) is 119 Å². The van der Waals surface area contributed by atoms with Crippen LogP contribution < -0.4 is 10.6 Å². The molecule has 0 aliphatic rings. The van der Waals surface area contributed by atoms with E-state index in [1.807, 2.05) is 0 Å². The summed E-state index contributed by atoms with van der Waals surface area (Å²) in [5, 5.41) is 3.21. The van der Waals surface area contributed by atoms with Crippen molar-refractivity contribution < 1.29 is 0 Å². The Morgan fingerprint density at radius 1 is 0.387 bits per heavy atom. The standard InChI is InChI=1S/C30H47P/c1-17(2)23-13-25(19(5)6)29(26(14-23)20(7)8)31-30-27(21(9)10)15-24(18(3)4)16-28(30)22(11)12/h13-22,31H,1-12H3. The number of benzene rings is 2. The van der Waals surface area contributed by atoms with Gasteiger partial charge in [0.25, 0.3) is 0 Å². The van der Waals surface area contributed by atoms with Crippen molar-refractivity contribution in [2.24, 2.45) is 0 Å². The Labute approximate surface area is 195 Å². The molecule has 172 valence electrons. The molecule has 0 unspecified atom stereocenters. The molecule has 0 heterocycles. The van der Waals surface area contributed by atoms with Crippen LogP contribution in [0.1, 0.15) is 152 Å². The average molecular weight is 439 g/mol. The summed E-state index contributed by atoms with van der Waals surface area (Å²) in [6.45, 7) is 28.2. The van der Waals surface area contributed by atoms with E-state index < -0.39 is 0 Å². The smallest absolute Gasteiger partial charge is 0.0157 e. The van der Waals surface area contributed by atoms with Crippen molar-refractivity contribution >= 4 is 19.2 Å². The molecule has 0 spiro atoms. The van der Waals surface area contributed by atoms with Crippen LogP contribution in [0.15, 0.2) is 24.3 Å². The van der Waals surface area contributed by atoms with Crippen LogP contribution in [0.5, 0.6) is 0 Å². The molecule has 0 bridgehead atoms. The fraction of sp³-hybridized carbons (Fsp3) is 0.600. The van der Waals surface area contributed by atoms with E-state index in [1.54, 1.807) is 32.9 Å². The molecule has 0 amide bonds. The summed E-state index contributed by atoms with van der Waals surface area (Å²) in [6, 6.07) is 10.0. The van der Waals surface area contributed by atoms with Gasteiger partial charge in [-0.3, -0.25) is 0 Å². The first-order valence-electron chi connectivity index (χ1n) is 12.5. The number of hydrogen-bond donors (Lipinski definition) is 0. The highest BCUT2D eigenvalue weighted by molar-refractivity contribution is 7.56. The highest BCUT2D eigenvalue weighted by Gasteiger charge is 2.22. The number of hydrogen-bond acceptors (Lipinski definition) is 0. The highest BCUT2D eigenvalue weighted by Crippen LogP contribution is 2.35. The van der Waals surface area contributed by atoms with Gasteiger partial charge in [0, 0.05) is 0 Å². The fourth-order valence-corrected chi connectivity index (χ4v) is 6.60. The monoisotopic (exact) mass is 438 g/mol. The molecule has 0 N–H and O–H groups in total. The van der Waals surface area contributed by atoms with E-state index in [2.05, 4.69) is 107 Å². The molecule has 0 nitrogen and oxygen atoms in total. The summed E-state index contributed by atoms with van der Waals surface area (Å²) in [7, 11) is 0.723. The van der Waals surface area contributed by atoms with Crippen molar-refractivity contribution in [3.8, 4) is 0 Å². The maximum Gasteiger partial charge on any atom is -0.0157 e. The first kappa shape index (κ1) is 26.1. The van der Waals surface area contributed by atoms with Crippen molar-refractivity contribution in [3.05, 3.63) is 57.6 Å². The van der Waals surface area contributed by atoms with Gasteiger partial charge in [0.1, 0.15) is 0 Å². The van der Waals surface area contributed by atoms with E-state index in [0.717, 1.165) is 8.58 Å². The summed E-state index contributed by atoms with van der Waals surface area (Å²) >= 11 is 0. The molecule has 0 saturated carbocycles. The molecule has 0 saturated heterocycles. The molecular formula is C30H47P. The molecule has 0 aliphatic heterocycles. The molecule has 0 fully saturated rings. The lowest BCUT2D eigenvalue weighted by molar-refractivity contribution is 0.811. The quantitative estimate of drug-likeness (QED) is 0.361. The molecule has 0 aliphatic carbocycles. The van der Waals surface area contributed by atoms with E-state index >= 15 is 0 Å². The van der Waals surface area contributed by atoms with Gasteiger partial charge in [0.2, 0.25) is 0 Å². The first-order chi connectivity index (χ1) is 14.3. The van der Waals surface area contributed by atoms with E-state index in [1.165, 1.54) is 11.1 Å². The zero-order valence-corrected chi connectivity index (χ0v) is 23.3. The van der Waals surface area contributed by atoms with Crippen LogP contribution in [0, 0.1) is 0 Å². The van der Waals surface area contributed by atoms with Crippen LogP contribution in [-0.4, -0.2) is 0 Å². The second-order valence-electron chi connectivity index (χ2n) is 11.2. The van der Waals surface area contributed by atoms with Crippen molar-refractivity contribution in [1.82, 2.24) is 0 Å². The SMILES string of the molecule is CC(C)c1cc(C(C)C)c(Pc2c(C(C)C)cc(C(C)C)cc2C(C)C)c(C(C)C)c1. The van der Waals surface area contributed by atoms with Crippen LogP contribution in [0.3, 0.4) is 0 Å². The zero-order valence-electron chi connectivity index (χ0n) is 22.3. The van der Waals surface area contributed by atoms with Gasteiger partial charge in [-0.1, -0.05) is 116 Å². The maximum atomic E-state index is 2.51. The fourth-order valence-electron chi connectivity index (χ4n) is 4.33. The van der Waals surface area contributed by atoms with Gasteiger partial charge in [-0.15, -0.1) is 0 Å². The predicted molar refractivity (Wildman–Crippen MR) is 145 cm³/mol. The summed E-state index contributed by atoms with van der Waals surface area (Å²) in [6.07, 6.45) is 0. The highest BCUT2D eigenvalue weighted by atomic mass is 31.1. The van der Waals surface area contributed by atoms with Crippen LogP contribution in [0.2, 0.25) is 0 Å². The minimum atomic E-state index is 0.540. The third kappa shape index (κ3) is 6.01. The Bertz CT molecular complexity index is 750. The topological polar surface area (TPSA) is 0 Å². The normalized spacial score (nSPS) is 12.5. The van der Waals surface area contributed by atoms with E-state index in [9.17, 15) is 0 Å². The molecule has 31 heavy (non-hydrogen) atoms. The van der Waals surface area contributed by atoms with Gasteiger partial charge in [-0.2, -0.15) is 0 Å². The van der Waals surface area contributed by atoms with Crippen molar-refractivity contribution in [1.29, 1.82) is 0 Å². The molecule has 0 aromatic heterocycles. The summed E-state index contributed by atoms with van der Waals surface area (Å²) in [5.74, 6) is 3.29. The number of rotatable bonds is 8. The lowest BCUT2D eigenvalue weighted by Gasteiger charge is -2.27. The van der Waals surface area contributed by atoms with Crippen molar-refractivity contribution in [2.75, 3.05) is 0 Å².